The van der Waals surface area contributed by atoms with Crippen molar-refractivity contribution in [3.63, 3.8) is 0 Å². The first-order valence-electron chi connectivity index (χ1n) is 8.89. The number of benzene rings is 1. The Labute approximate surface area is 146 Å². The average molecular weight is 342 g/mol. The molecule has 1 aromatic rings. The minimum absolute atomic E-state index is 0.0948. The maximum absolute atomic E-state index is 13.3. The molecular weight excluding hydrogens is 320 g/mol. The highest BCUT2D eigenvalue weighted by molar-refractivity contribution is 6.02. The van der Waals surface area contributed by atoms with E-state index in [9.17, 15) is 14.4 Å². The zero-order valence-corrected chi connectivity index (χ0v) is 14.1. The molecule has 132 valence electrons. The quantitative estimate of drug-likeness (QED) is 0.772. The third-order valence-electron chi connectivity index (χ3n) is 5.69. The Bertz CT molecular complexity index is 675. The summed E-state index contributed by atoms with van der Waals surface area (Å²) in [6.45, 7) is 2.04. The van der Waals surface area contributed by atoms with Crippen LogP contribution in [0.15, 0.2) is 30.3 Å². The van der Waals surface area contributed by atoms with E-state index in [0.29, 0.717) is 52.0 Å². The normalized spacial score (nSPS) is 23.7. The van der Waals surface area contributed by atoms with Crippen molar-refractivity contribution in [1.29, 1.82) is 0 Å². The van der Waals surface area contributed by atoms with Gasteiger partial charge in [0.1, 0.15) is 0 Å². The molecule has 0 aliphatic carbocycles. The standard InChI is InChI=1S/C19H22N2O4/c22-16-6-7-17(23)21(16)15-12-20(13-15)18(24)19(8-10-25-11-9-19)14-4-2-1-3-5-14/h1-5,15H,6-13H2. The fourth-order valence-electron chi connectivity index (χ4n) is 4.19. The van der Waals surface area contributed by atoms with Crippen LogP contribution >= 0.6 is 0 Å². The maximum Gasteiger partial charge on any atom is 0.233 e. The highest BCUT2D eigenvalue weighted by atomic mass is 16.5. The van der Waals surface area contributed by atoms with Gasteiger partial charge in [-0.15, -0.1) is 0 Å². The first-order chi connectivity index (χ1) is 12.1. The van der Waals surface area contributed by atoms with Crippen molar-refractivity contribution >= 4 is 17.7 Å². The topological polar surface area (TPSA) is 66.9 Å². The number of likely N-dealkylation sites (tertiary alicyclic amines) is 2. The number of imide groups is 1. The minimum atomic E-state index is -0.552. The van der Waals surface area contributed by atoms with E-state index in [2.05, 4.69) is 0 Å². The van der Waals surface area contributed by atoms with E-state index in [0.717, 1.165) is 5.56 Å². The summed E-state index contributed by atoms with van der Waals surface area (Å²) in [6, 6.07) is 9.73. The zero-order valence-electron chi connectivity index (χ0n) is 14.1. The van der Waals surface area contributed by atoms with E-state index in [1.165, 1.54) is 4.90 Å². The lowest BCUT2D eigenvalue weighted by molar-refractivity contribution is -0.156. The van der Waals surface area contributed by atoms with Gasteiger partial charge in [0.25, 0.3) is 0 Å². The molecule has 25 heavy (non-hydrogen) atoms. The molecule has 3 amide bonds. The number of carbonyl (C=O) groups excluding carboxylic acids is 3. The highest BCUT2D eigenvalue weighted by Crippen LogP contribution is 2.38. The van der Waals surface area contributed by atoms with E-state index in [-0.39, 0.29) is 23.8 Å². The van der Waals surface area contributed by atoms with Crippen molar-refractivity contribution in [3.05, 3.63) is 35.9 Å². The summed E-state index contributed by atoms with van der Waals surface area (Å²) < 4.78 is 5.49. The summed E-state index contributed by atoms with van der Waals surface area (Å²) in [4.78, 5) is 40.2. The van der Waals surface area contributed by atoms with Crippen LogP contribution in [-0.2, 0) is 24.5 Å². The second kappa shape index (κ2) is 6.26. The Balaban J connectivity index is 1.51. The Kier molecular flexibility index (Phi) is 4.07. The predicted molar refractivity (Wildman–Crippen MR) is 89.6 cm³/mol. The number of rotatable bonds is 3. The smallest absolute Gasteiger partial charge is 0.233 e. The first kappa shape index (κ1) is 16.3. The Hall–Kier alpha value is -2.21. The van der Waals surface area contributed by atoms with Crippen molar-refractivity contribution < 1.29 is 19.1 Å². The number of ether oxygens (including phenoxy) is 1. The average Bonchev–Trinajstić information content (AvgIpc) is 2.94. The van der Waals surface area contributed by atoms with Gasteiger partial charge in [0.15, 0.2) is 0 Å². The second-order valence-corrected chi connectivity index (χ2v) is 7.08. The van der Waals surface area contributed by atoms with Gasteiger partial charge in [-0.05, 0) is 18.4 Å². The summed E-state index contributed by atoms with van der Waals surface area (Å²) >= 11 is 0. The largest absolute Gasteiger partial charge is 0.381 e. The predicted octanol–water partition coefficient (Wildman–Crippen LogP) is 1.09. The summed E-state index contributed by atoms with van der Waals surface area (Å²) in [5, 5.41) is 0. The van der Waals surface area contributed by atoms with Gasteiger partial charge < -0.3 is 9.64 Å². The van der Waals surface area contributed by atoms with Crippen LogP contribution in [0, 0.1) is 0 Å². The van der Waals surface area contributed by atoms with Gasteiger partial charge in [-0.25, -0.2) is 0 Å². The summed E-state index contributed by atoms with van der Waals surface area (Å²) in [5.41, 5.74) is 0.476. The van der Waals surface area contributed by atoms with Crippen LogP contribution in [0.1, 0.15) is 31.2 Å². The van der Waals surface area contributed by atoms with Gasteiger partial charge in [-0.2, -0.15) is 0 Å². The molecule has 0 saturated carbocycles. The van der Waals surface area contributed by atoms with Crippen LogP contribution in [0.25, 0.3) is 0 Å². The van der Waals surface area contributed by atoms with Gasteiger partial charge in [0.05, 0.1) is 11.5 Å². The second-order valence-electron chi connectivity index (χ2n) is 7.08. The van der Waals surface area contributed by atoms with Gasteiger partial charge >= 0.3 is 0 Å². The molecule has 3 aliphatic rings. The SMILES string of the molecule is O=C1CCC(=O)N1C1CN(C(=O)C2(c3ccccc3)CCOCC2)C1. The lowest BCUT2D eigenvalue weighted by atomic mass is 9.72. The summed E-state index contributed by atoms with van der Waals surface area (Å²) in [6.07, 6.45) is 1.93. The maximum atomic E-state index is 13.3. The monoisotopic (exact) mass is 342 g/mol. The molecule has 0 radical (unpaired) electrons. The fourth-order valence-corrected chi connectivity index (χ4v) is 4.19. The van der Waals surface area contributed by atoms with Crippen LogP contribution in [0.4, 0.5) is 0 Å². The number of hydrogen-bond donors (Lipinski definition) is 0. The van der Waals surface area contributed by atoms with Crippen molar-refractivity contribution in [3.8, 4) is 0 Å². The molecule has 3 saturated heterocycles. The van der Waals surface area contributed by atoms with E-state index in [4.69, 9.17) is 4.74 Å². The molecule has 6 heteroatoms. The lowest BCUT2D eigenvalue weighted by Crippen LogP contribution is -2.65. The zero-order chi connectivity index (χ0) is 17.4. The van der Waals surface area contributed by atoms with E-state index in [1.54, 1.807) is 4.90 Å². The van der Waals surface area contributed by atoms with Crippen LogP contribution in [-0.4, -0.2) is 59.9 Å². The molecular formula is C19H22N2O4. The first-order valence-corrected chi connectivity index (χ1v) is 8.89. The highest BCUT2D eigenvalue weighted by Gasteiger charge is 2.49. The van der Waals surface area contributed by atoms with Crippen LogP contribution in [0.3, 0.4) is 0 Å². The molecule has 1 aromatic carbocycles. The van der Waals surface area contributed by atoms with E-state index in [1.807, 2.05) is 30.3 Å². The van der Waals surface area contributed by atoms with Crippen LogP contribution in [0.5, 0.6) is 0 Å². The molecule has 4 rings (SSSR count). The number of hydrogen-bond acceptors (Lipinski definition) is 4. The molecule has 0 bridgehead atoms. The number of carbonyl (C=O) groups is 3. The Morgan fingerprint density at radius 3 is 2.20 bits per heavy atom. The lowest BCUT2D eigenvalue weighted by Gasteiger charge is -2.48. The summed E-state index contributed by atoms with van der Waals surface area (Å²) in [5.74, 6) is -0.116. The molecule has 0 N–H and O–H groups in total. The number of nitrogens with zero attached hydrogens (tertiary/aromatic N) is 2. The van der Waals surface area contributed by atoms with Gasteiger partial charge in [-0.1, -0.05) is 30.3 Å². The fraction of sp³-hybridized carbons (Fsp3) is 0.526. The van der Waals surface area contributed by atoms with Crippen molar-refractivity contribution in [1.82, 2.24) is 9.80 Å². The van der Waals surface area contributed by atoms with E-state index >= 15 is 0 Å². The molecule has 0 unspecified atom stereocenters. The van der Waals surface area contributed by atoms with E-state index < -0.39 is 5.41 Å². The number of amides is 3. The van der Waals surface area contributed by atoms with Crippen molar-refractivity contribution in [2.45, 2.75) is 37.1 Å². The molecule has 0 spiro atoms. The van der Waals surface area contributed by atoms with Crippen LogP contribution in [0.2, 0.25) is 0 Å². The van der Waals surface area contributed by atoms with Gasteiger partial charge in [0.2, 0.25) is 17.7 Å². The molecule has 3 aliphatic heterocycles. The minimum Gasteiger partial charge on any atom is -0.381 e. The molecule has 0 aromatic heterocycles. The third-order valence-corrected chi connectivity index (χ3v) is 5.69. The molecule has 3 heterocycles. The molecule has 6 nitrogen and oxygen atoms in total. The molecule has 0 atom stereocenters. The Morgan fingerprint density at radius 2 is 1.60 bits per heavy atom. The Morgan fingerprint density at radius 1 is 1.00 bits per heavy atom. The van der Waals surface area contributed by atoms with Gasteiger partial charge in [0, 0.05) is 39.1 Å². The van der Waals surface area contributed by atoms with Crippen molar-refractivity contribution in [2.24, 2.45) is 0 Å². The van der Waals surface area contributed by atoms with Crippen molar-refractivity contribution in [2.75, 3.05) is 26.3 Å². The third kappa shape index (κ3) is 2.65. The molecule has 3 fully saturated rings. The van der Waals surface area contributed by atoms with Gasteiger partial charge in [-0.3, -0.25) is 19.3 Å². The summed E-state index contributed by atoms with van der Waals surface area (Å²) in [7, 11) is 0. The van der Waals surface area contributed by atoms with Crippen LogP contribution < -0.4 is 0 Å².